The van der Waals surface area contributed by atoms with Crippen LogP contribution in [0.1, 0.15) is 21.8 Å². The molecule has 0 amide bonds. The molecule has 0 unspecified atom stereocenters. The second-order valence-corrected chi connectivity index (χ2v) is 7.35. The van der Waals surface area contributed by atoms with Crippen LogP contribution in [0.25, 0.3) is 6.08 Å². The minimum absolute atomic E-state index is 0.245. The molecule has 0 spiro atoms. The second kappa shape index (κ2) is 8.28. The Balaban J connectivity index is 1.46. The van der Waals surface area contributed by atoms with Crippen LogP contribution in [0, 0.1) is 6.92 Å². The van der Waals surface area contributed by atoms with Crippen molar-refractivity contribution in [1.82, 2.24) is 4.98 Å². The third-order valence-corrected chi connectivity index (χ3v) is 5.00. The summed E-state index contributed by atoms with van der Waals surface area (Å²) >= 11 is 1.60. The van der Waals surface area contributed by atoms with E-state index in [0.717, 1.165) is 22.0 Å². The minimum atomic E-state index is -0.484. The molecule has 2 aromatic carbocycles. The van der Waals surface area contributed by atoms with Gasteiger partial charge in [-0.2, -0.15) is 0 Å². The van der Waals surface area contributed by atoms with Gasteiger partial charge in [0.2, 0.25) is 5.90 Å². The van der Waals surface area contributed by atoms with Gasteiger partial charge in [0, 0.05) is 10.9 Å². The van der Waals surface area contributed by atoms with Gasteiger partial charge in [-0.05, 0) is 48.9 Å². The fourth-order valence-electron chi connectivity index (χ4n) is 2.74. The highest BCUT2D eigenvalue weighted by Gasteiger charge is 2.24. The van der Waals surface area contributed by atoms with Crippen LogP contribution in [0.4, 0.5) is 0 Å². The summed E-state index contributed by atoms with van der Waals surface area (Å²) < 4.78 is 16.2. The maximum Gasteiger partial charge on any atom is 0.363 e. The number of thiazole rings is 1. The molecule has 1 aromatic heterocycles. The van der Waals surface area contributed by atoms with E-state index >= 15 is 0 Å². The zero-order chi connectivity index (χ0) is 20.2. The quantitative estimate of drug-likeness (QED) is 0.449. The topological polar surface area (TPSA) is 70.0 Å². The largest absolute Gasteiger partial charge is 0.497 e. The number of rotatable bonds is 6. The van der Waals surface area contributed by atoms with Gasteiger partial charge >= 0.3 is 5.97 Å². The number of carbonyl (C=O) groups is 1. The van der Waals surface area contributed by atoms with Crippen LogP contribution < -0.4 is 9.47 Å². The fourth-order valence-corrected chi connectivity index (χ4v) is 3.34. The molecule has 7 heteroatoms. The Morgan fingerprint density at radius 3 is 2.69 bits per heavy atom. The van der Waals surface area contributed by atoms with Crippen molar-refractivity contribution < 1.29 is 19.0 Å². The van der Waals surface area contributed by atoms with Crippen LogP contribution in [-0.2, 0) is 16.1 Å². The molecule has 146 valence electrons. The van der Waals surface area contributed by atoms with Crippen molar-refractivity contribution in [2.45, 2.75) is 13.5 Å². The first kappa shape index (κ1) is 18.9. The number of benzene rings is 2. The average molecular weight is 406 g/mol. The van der Waals surface area contributed by atoms with Gasteiger partial charge in [-0.15, -0.1) is 11.3 Å². The highest BCUT2D eigenvalue weighted by molar-refractivity contribution is 7.09. The van der Waals surface area contributed by atoms with Gasteiger partial charge in [0.05, 0.1) is 17.8 Å². The maximum atomic E-state index is 12.2. The molecule has 0 bridgehead atoms. The van der Waals surface area contributed by atoms with Crippen LogP contribution in [-0.4, -0.2) is 24.0 Å². The van der Waals surface area contributed by atoms with Gasteiger partial charge in [0.25, 0.3) is 0 Å². The number of hydrogen-bond acceptors (Lipinski definition) is 7. The molecule has 2 heterocycles. The molecule has 6 nitrogen and oxygen atoms in total. The number of methoxy groups -OCH3 is 1. The molecule has 0 saturated heterocycles. The van der Waals surface area contributed by atoms with Crippen LogP contribution in [0.3, 0.4) is 0 Å². The molecule has 0 saturated carbocycles. The third-order valence-electron chi connectivity index (χ3n) is 4.17. The normalized spacial score (nSPS) is 14.6. The lowest BCUT2D eigenvalue weighted by Crippen LogP contribution is -2.05. The first-order valence-corrected chi connectivity index (χ1v) is 9.79. The molecule has 0 atom stereocenters. The molecule has 0 fully saturated rings. The summed E-state index contributed by atoms with van der Waals surface area (Å²) in [6.07, 6.45) is 1.68. The summed E-state index contributed by atoms with van der Waals surface area (Å²) in [6, 6.07) is 14.6. The van der Waals surface area contributed by atoms with Gasteiger partial charge in [0.15, 0.2) is 5.70 Å². The van der Waals surface area contributed by atoms with Crippen molar-refractivity contribution in [3.8, 4) is 11.5 Å². The number of aliphatic imine (C=N–C) groups is 1. The molecule has 1 aliphatic heterocycles. The Hall–Kier alpha value is -3.45. The Bertz CT molecular complexity index is 1100. The number of carbonyl (C=O) groups excluding carboxylic acids is 1. The maximum absolute atomic E-state index is 12.2. The molecular weight excluding hydrogens is 388 g/mol. The van der Waals surface area contributed by atoms with E-state index in [4.69, 9.17) is 14.2 Å². The SMILES string of the molecule is COc1cccc(C2=N/C(=C\c3ccc(OCc4csc(C)n4)cc3)C(=O)O2)c1. The summed E-state index contributed by atoms with van der Waals surface area (Å²) in [4.78, 5) is 20.9. The number of hydrogen-bond donors (Lipinski definition) is 0. The third kappa shape index (κ3) is 4.52. The zero-order valence-corrected chi connectivity index (χ0v) is 16.7. The number of aryl methyl sites for hydroxylation is 1. The van der Waals surface area contributed by atoms with Gasteiger partial charge < -0.3 is 14.2 Å². The number of ether oxygens (including phenoxy) is 3. The van der Waals surface area contributed by atoms with E-state index < -0.39 is 5.97 Å². The Morgan fingerprint density at radius 2 is 1.97 bits per heavy atom. The van der Waals surface area contributed by atoms with E-state index in [-0.39, 0.29) is 11.6 Å². The van der Waals surface area contributed by atoms with Gasteiger partial charge in [-0.1, -0.05) is 18.2 Å². The van der Waals surface area contributed by atoms with Gasteiger partial charge in [-0.3, -0.25) is 0 Å². The van der Waals surface area contributed by atoms with E-state index in [1.165, 1.54) is 0 Å². The van der Waals surface area contributed by atoms with Gasteiger partial charge in [-0.25, -0.2) is 14.8 Å². The van der Waals surface area contributed by atoms with Crippen molar-refractivity contribution >= 4 is 29.3 Å². The predicted octanol–water partition coefficient (Wildman–Crippen LogP) is 4.38. The van der Waals surface area contributed by atoms with Crippen molar-refractivity contribution in [3.63, 3.8) is 0 Å². The molecule has 0 N–H and O–H groups in total. The summed E-state index contributed by atoms with van der Waals surface area (Å²) in [5.74, 6) is 1.18. The standard InChI is InChI=1S/C22H18N2O4S/c1-14-23-17(13-29-14)12-27-18-8-6-15(7-9-18)10-20-22(25)28-21(24-20)16-4-3-5-19(11-16)26-2/h3-11,13H,12H2,1-2H3/b20-10-. The van der Waals surface area contributed by atoms with Crippen molar-refractivity contribution in [3.05, 3.63) is 81.4 Å². The Kier molecular flexibility index (Phi) is 5.39. The number of cyclic esters (lactones) is 1. The smallest absolute Gasteiger partial charge is 0.363 e. The lowest BCUT2D eigenvalue weighted by molar-refractivity contribution is -0.129. The summed E-state index contributed by atoms with van der Waals surface area (Å²) in [5.41, 5.74) is 2.66. The summed E-state index contributed by atoms with van der Waals surface area (Å²) in [7, 11) is 1.58. The van der Waals surface area contributed by atoms with E-state index in [2.05, 4.69) is 9.98 Å². The molecule has 3 aromatic rings. The zero-order valence-electron chi connectivity index (χ0n) is 15.9. The van der Waals surface area contributed by atoms with Crippen LogP contribution in [0.15, 0.2) is 64.6 Å². The van der Waals surface area contributed by atoms with Crippen LogP contribution in [0.5, 0.6) is 11.5 Å². The Labute approximate surface area is 172 Å². The molecule has 29 heavy (non-hydrogen) atoms. The number of nitrogens with zero attached hydrogens (tertiary/aromatic N) is 2. The minimum Gasteiger partial charge on any atom is -0.497 e. The van der Waals surface area contributed by atoms with Gasteiger partial charge in [0.1, 0.15) is 18.1 Å². The van der Waals surface area contributed by atoms with Crippen LogP contribution >= 0.6 is 11.3 Å². The Morgan fingerprint density at radius 1 is 1.14 bits per heavy atom. The number of esters is 1. The molecule has 0 aliphatic carbocycles. The van der Waals surface area contributed by atoms with Crippen LogP contribution in [0.2, 0.25) is 0 Å². The van der Waals surface area contributed by atoms with E-state index in [0.29, 0.717) is 17.9 Å². The first-order chi connectivity index (χ1) is 14.1. The van der Waals surface area contributed by atoms with E-state index in [1.807, 2.05) is 54.8 Å². The summed E-state index contributed by atoms with van der Waals surface area (Å²) in [6.45, 7) is 2.39. The monoisotopic (exact) mass is 406 g/mol. The second-order valence-electron chi connectivity index (χ2n) is 6.28. The predicted molar refractivity (Wildman–Crippen MR) is 111 cm³/mol. The van der Waals surface area contributed by atoms with Crippen molar-refractivity contribution in [2.24, 2.45) is 4.99 Å². The lowest BCUT2D eigenvalue weighted by Gasteiger charge is -2.04. The highest BCUT2D eigenvalue weighted by atomic mass is 32.1. The summed E-state index contributed by atoms with van der Waals surface area (Å²) in [5, 5.41) is 3.00. The molecular formula is C22H18N2O4S. The number of aromatic nitrogens is 1. The average Bonchev–Trinajstić information content (AvgIpc) is 3.33. The first-order valence-electron chi connectivity index (χ1n) is 8.91. The van der Waals surface area contributed by atoms with E-state index in [1.54, 1.807) is 30.6 Å². The van der Waals surface area contributed by atoms with Crippen molar-refractivity contribution in [2.75, 3.05) is 7.11 Å². The molecule has 4 rings (SSSR count). The fraction of sp³-hybridized carbons (Fsp3) is 0.136. The van der Waals surface area contributed by atoms with Crippen molar-refractivity contribution in [1.29, 1.82) is 0 Å². The van der Waals surface area contributed by atoms with E-state index in [9.17, 15) is 4.79 Å². The highest BCUT2D eigenvalue weighted by Crippen LogP contribution is 2.23. The molecule has 0 radical (unpaired) electrons. The molecule has 1 aliphatic rings. The lowest BCUT2D eigenvalue weighted by atomic mass is 10.2.